The largest absolute Gasteiger partial charge is 0.478 e. The number of unbranched alkanes of at least 4 members (excludes halogenated alkanes) is 1. The van der Waals surface area contributed by atoms with Crippen LogP contribution in [0.4, 0.5) is 0 Å². The van der Waals surface area contributed by atoms with Gasteiger partial charge in [0.15, 0.2) is 9.76 Å². The molecule has 0 rings (SSSR count). The Hall–Kier alpha value is -0.613. The fraction of sp³-hybridized carbons (Fsp3) is 0.750. The van der Waals surface area contributed by atoms with Crippen LogP contribution in [0.5, 0.6) is 0 Å². The first-order valence-electron chi connectivity index (χ1n) is 6.01. The third kappa shape index (κ3) is 7.65. The van der Waals surface area contributed by atoms with E-state index in [9.17, 15) is 4.79 Å². The van der Waals surface area contributed by atoms with Crippen LogP contribution < -0.4 is 0 Å². The van der Waals surface area contributed by atoms with Gasteiger partial charge in [-0.05, 0) is 18.4 Å². The topological polar surface area (TPSA) is 46.5 Å². The van der Waals surface area contributed by atoms with Gasteiger partial charge in [0.1, 0.15) is 0 Å². The van der Waals surface area contributed by atoms with Gasteiger partial charge >= 0.3 is 5.97 Å². The molecular weight excluding hydrogens is 220 g/mol. The quantitative estimate of drug-likeness (QED) is 0.474. The standard InChI is InChI=1S/C12H24O3Si/c1-4-5-8-11(16-15-3)9-6-7-10(2)12(13)14/h11H,2,4-9,16H2,1,3H3,(H,13,14). The van der Waals surface area contributed by atoms with Crippen molar-refractivity contribution in [2.75, 3.05) is 7.11 Å². The van der Waals surface area contributed by atoms with E-state index < -0.39 is 15.7 Å². The molecule has 0 aliphatic rings. The Morgan fingerprint density at radius 1 is 1.44 bits per heavy atom. The first kappa shape index (κ1) is 15.4. The van der Waals surface area contributed by atoms with E-state index in [-0.39, 0.29) is 0 Å². The van der Waals surface area contributed by atoms with Gasteiger partial charge in [-0.1, -0.05) is 39.2 Å². The number of aliphatic carboxylic acids is 1. The summed E-state index contributed by atoms with van der Waals surface area (Å²) >= 11 is 0. The van der Waals surface area contributed by atoms with Crippen LogP contribution in [0.15, 0.2) is 12.2 Å². The molecule has 0 heterocycles. The number of hydrogen-bond acceptors (Lipinski definition) is 2. The van der Waals surface area contributed by atoms with Gasteiger partial charge in [0, 0.05) is 12.7 Å². The summed E-state index contributed by atoms with van der Waals surface area (Å²) in [6.45, 7) is 5.73. The molecule has 0 aliphatic heterocycles. The van der Waals surface area contributed by atoms with Gasteiger partial charge in [0.2, 0.25) is 0 Å². The van der Waals surface area contributed by atoms with Crippen molar-refractivity contribution in [2.45, 2.75) is 51.0 Å². The maximum atomic E-state index is 10.6. The molecule has 0 amide bonds. The number of carboxylic acids is 1. The monoisotopic (exact) mass is 244 g/mol. The molecule has 1 N–H and O–H groups in total. The highest BCUT2D eigenvalue weighted by Gasteiger charge is 2.10. The van der Waals surface area contributed by atoms with Gasteiger partial charge in [-0.2, -0.15) is 0 Å². The van der Waals surface area contributed by atoms with Crippen LogP contribution >= 0.6 is 0 Å². The average Bonchev–Trinajstić information content (AvgIpc) is 2.25. The van der Waals surface area contributed by atoms with E-state index in [1.165, 1.54) is 19.3 Å². The summed E-state index contributed by atoms with van der Waals surface area (Å²) in [6, 6.07) is 0. The van der Waals surface area contributed by atoms with Gasteiger partial charge in [0.05, 0.1) is 0 Å². The fourth-order valence-electron chi connectivity index (χ4n) is 1.75. The zero-order valence-corrected chi connectivity index (χ0v) is 11.9. The van der Waals surface area contributed by atoms with Gasteiger partial charge in [-0.15, -0.1) is 0 Å². The van der Waals surface area contributed by atoms with Crippen molar-refractivity contribution >= 4 is 15.7 Å². The van der Waals surface area contributed by atoms with E-state index in [1.807, 2.05) is 0 Å². The number of rotatable bonds is 10. The molecule has 0 saturated heterocycles. The number of carbonyl (C=O) groups is 1. The third-order valence-corrected chi connectivity index (χ3v) is 4.38. The van der Waals surface area contributed by atoms with E-state index in [2.05, 4.69) is 13.5 Å². The van der Waals surface area contributed by atoms with E-state index in [4.69, 9.17) is 9.53 Å². The summed E-state index contributed by atoms with van der Waals surface area (Å²) in [5.41, 5.74) is 1.03. The van der Waals surface area contributed by atoms with Crippen LogP contribution in [-0.4, -0.2) is 27.9 Å². The summed E-state index contributed by atoms with van der Waals surface area (Å²) in [6.07, 6.45) is 6.33. The molecule has 0 aromatic heterocycles. The fourth-order valence-corrected chi connectivity index (χ4v) is 3.13. The van der Waals surface area contributed by atoms with Gasteiger partial charge in [0.25, 0.3) is 0 Å². The molecule has 0 fully saturated rings. The highest BCUT2D eigenvalue weighted by molar-refractivity contribution is 6.29. The van der Waals surface area contributed by atoms with Crippen molar-refractivity contribution in [1.82, 2.24) is 0 Å². The number of carboxylic acid groups (broad SMARTS) is 1. The molecule has 3 nitrogen and oxygen atoms in total. The summed E-state index contributed by atoms with van der Waals surface area (Å²) in [4.78, 5) is 10.6. The van der Waals surface area contributed by atoms with Crippen LogP contribution in [0.3, 0.4) is 0 Å². The molecule has 0 spiro atoms. The van der Waals surface area contributed by atoms with E-state index in [1.54, 1.807) is 7.11 Å². The molecule has 94 valence electrons. The van der Waals surface area contributed by atoms with Gasteiger partial charge in [-0.3, -0.25) is 0 Å². The Morgan fingerprint density at radius 2 is 2.06 bits per heavy atom. The first-order valence-corrected chi connectivity index (χ1v) is 7.41. The molecule has 0 aliphatic carbocycles. The Balaban J connectivity index is 3.74. The Bertz CT molecular complexity index is 216. The predicted molar refractivity (Wildman–Crippen MR) is 69.5 cm³/mol. The zero-order valence-electron chi connectivity index (χ0n) is 10.5. The maximum Gasteiger partial charge on any atom is 0.330 e. The second-order valence-corrected chi connectivity index (χ2v) is 6.33. The minimum atomic E-state index is -0.867. The molecule has 0 aromatic rings. The molecule has 1 unspecified atom stereocenters. The molecule has 4 heteroatoms. The smallest absolute Gasteiger partial charge is 0.330 e. The highest BCUT2D eigenvalue weighted by Crippen LogP contribution is 2.22. The van der Waals surface area contributed by atoms with Crippen LogP contribution in [0.25, 0.3) is 0 Å². The second-order valence-electron chi connectivity index (χ2n) is 4.26. The third-order valence-electron chi connectivity index (χ3n) is 2.76. The maximum absolute atomic E-state index is 10.6. The lowest BCUT2D eigenvalue weighted by Crippen LogP contribution is -2.07. The SMILES string of the molecule is C=C(CCCC(CCCC)[SiH2]OC)C(=O)O. The zero-order chi connectivity index (χ0) is 12.4. The lowest BCUT2D eigenvalue weighted by Gasteiger charge is -2.14. The van der Waals surface area contributed by atoms with E-state index >= 15 is 0 Å². The molecule has 1 atom stereocenters. The van der Waals surface area contributed by atoms with Gasteiger partial charge < -0.3 is 9.53 Å². The Kier molecular flexibility index (Phi) is 9.23. The van der Waals surface area contributed by atoms with Crippen LogP contribution in [0.2, 0.25) is 5.54 Å². The molecular formula is C12H24O3Si. The van der Waals surface area contributed by atoms with Crippen molar-refractivity contribution in [3.8, 4) is 0 Å². The van der Waals surface area contributed by atoms with Crippen molar-refractivity contribution in [3.63, 3.8) is 0 Å². The minimum absolute atomic E-state index is 0.327. The minimum Gasteiger partial charge on any atom is -0.478 e. The summed E-state index contributed by atoms with van der Waals surface area (Å²) in [5, 5.41) is 8.68. The molecule has 0 bridgehead atoms. The van der Waals surface area contributed by atoms with Crippen LogP contribution in [-0.2, 0) is 9.22 Å². The van der Waals surface area contributed by atoms with Crippen LogP contribution in [0.1, 0.15) is 45.4 Å². The van der Waals surface area contributed by atoms with E-state index in [0.717, 1.165) is 12.8 Å². The van der Waals surface area contributed by atoms with Crippen molar-refractivity contribution in [3.05, 3.63) is 12.2 Å². The van der Waals surface area contributed by atoms with Crippen molar-refractivity contribution in [1.29, 1.82) is 0 Å². The normalized spacial score (nSPS) is 13.1. The summed E-state index contributed by atoms with van der Waals surface area (Å²) < 4.78 is 5.31. The first-order chi connectivity index (χ1) is 7.61. The van der Waals surface area contributed by atoms with Gasteiger partial charge in [-0.25, -0.2) is 4.79 Å². The van der Waals surface area contributed by atoms with Crippen LogP contribution in [0, 0.1) is 0 Å². The summed E-state index contributed by atoms with van der Waals surface area (Å²) in [7, 11) is 1.35. The Labute approximate surface area is 101 Å². The molecule has 0 saturated carbocycles. The number of hydrogen-bond donors (Lipinski definition) is 1. The molecule has 0 radical (unpaired) electrons. The molecule has 0 aromatic carbocycles. The van der Waals surface area contributed by atoms with Crippen molar-refractivity contribution in [2.24, 2.45) is 0 Å². The lowest BCUT2D eigenvalue weighted by atomic mass is 10.1. The summed E-state index contributed by atoms with van der Waals surface area (Å²) in [5.74, 6) is -0.867. The van der Waals surface area contributed by atoms with E-state index in [0.29, 0.717) is 17.5 Å². The second kappa shape index (κ2) is 9.60. The van der Waals surface area contributed by atoms with Crippen molar-refractivity contribution < 1.29 is 14.3 Å². The highest BCUT2D eigenvalue weighted by atomic mass is 28.2. The average molecular weight is 244 g/mol. The molecule has 16 heavy (non-hydrogen) atoms. The lowest BCUT2D eigenvalue weighted by molar-refractivity contribution is -0.132. The Morgan fingerprint density at radius 3 is 2.56 bits per heavy atom. The predicted octanol–water partition coefficient (Wildman–Crippen LogP) is 2.51.